The molecule has 1 saturated heterocycles. The van der Waals surface area contributed by atoms with Crippen LogP contribution in [0.15, 0.2) is 12.3 Å². The number of carboxylic acids is 1. The Hall–Kier alpha value is -2.02. The number of amides is 2. The minimum atomic E-state index is -1.06. The number of hydrogen-bond acceptors (Lipinski definition) is 5. The highest BCUT2D eigenvalue weighted by molar-refractivity contribution is 7.16. The first-order valence-electron chi connectivity index (χ1n) is 5.80. The molecule has 0 spiro atoms. The summed E-state index contributed by atoms with van der Waals surface area (Å²) in [5.41, 5.74) is 0. The number of carbonyl (C=O) groups excluding carboxylic acids is 2. The summed E-state index contributed by atoms with van der Waals surface area (Å²) in [4.78, 5) is 39.8. The first-order chi connectivity index (χ1) is 9.08. The molecule has 0 unspecified atom stereocenters. The molecule has 19 heavy (non-hydrogen) atoms. The molecule has 7 heteroatoms. The number of aliphatic carboxylic acids is 1. The van der Waals surface area contributed by atoms with E-state index in [1.807, 2.05) is 0 Å². The van der Waals surface area contributed by atoms with E-state index in [4.69, 9.17) is 5.11 Å². The fourth-order valence-electron chi connectivity index (χ4n) is 1.74. The van der Waals surface area contributed by atoms with E-state index < -0.39 is 5.97 Å². The predicted molar refractivity (Wildman–Crippen MR) is 69.7 cm³/mol. The zero-order valence-electron chi connectivity index (χ0n) is 10.0. The van der Waals surface area contributed by atoms with Gasteiger partial charge in [0.1, 0.15) is 0 Å². The highest BCUT2D eigenvalue weighted by Gasteiger charge is 2.27. The molecule has 2 heterocycles. The highest BCUT2D eigenvalue weighted by Crippen LogP contribution is 2.27. The summed E-state index contributed by atoms with van der Waals surface area (Å²) in [6.45, 7) is 0. The number of aromatic nitrogens is 1. The summed E-state index contributed by atoms with van der Waals surface area (Å²) < 4.78 is 0. The largest absolute Gasteiger partial charge is 0.478 e. The van der Waals surface area contributed by atoms with Crippen molar-refractivity contribution in [1.82, 2.24) is 4.98 Å². The van der Waals surface area contributed by atoms with Gasteiger partial charge in [-0.05, 0) is 18.9 Å². The summed E-state index contributed by atoms with van der Waals surface area (Å²) in [5.74, 6) is -1.55. The molecule has 100 valence electrons. The van der Waals surface area contributed by atoms with Gasteiger partial charge in [-0.3, -0.25) is 9.59 Å². The molecule has 1 fully saturated rings. The van der Waals surface area contributed by atoms with Crippen LogP contribution < -0.4 is 4.90 Å². The van der Waals surface area contributed by atoms with Crippen LogP contribution in [0.3, 0.4) is 0 Å². The van der Waals surface area contributed by atoms with Crippen LogP contribution in [0.2, 0.25) is 0 Å². The molecule has 0 saturated carbocycles. The van der Waals surface area contributed by atoms with Crippen LogP contribution in [0.5, 0.6) is 0 Å². The first kappa shape index (κ1) is 13.4. The molecule has 0 aliphatic carbocycles. The molecule has 6 nitrogen and oxygen atoms in total. The van der Waals surface area contributed by atoms with Crippen molar-refractivity contribution in [1.29, 1.82) is 0 Å². The Labute approximate surface area is 113 Å². The van der Waals surface area contributed by atoms with Crippen molar-refractivity contribution in [2.45, 2.75) is 25.7 Å². The fraction of sp³-hybridized carbons (Fsp3) is 0.333. The van der Waals surface area contributed by atoms with E-state index in [0.717, 1.165) is 22.3 Å². The molecule has 2 amide bonds. The third-order valence-corrected chi connectivity index (χ3v) is 3.57. The van der Waals surface area contributed by atoms with Gasteiger partial charge in [-0.2, -0.15) is 0 Å². The van der Waals surface area contributed by atoms with Crippen LogP contribution in [0, 0.1) is 0 Å². The van der Waals surface area contributed by atoms with Gasteiger partial charge in [-0.15, -0.1) is 0 Å². The van der Waals surface area contributed by atoms with Crippen molar-refractivity contribution < 1.29 is 19.5 Å². The minimum absolute atomic E-state index is 0.245. The maximum absolute atomic E-state index is 11.9. The number of nitrogens with zero attached hydrogens (tertiary/aromatic N) is 2. The van der Waals surface area contributed by atoms with Crippen LogP contribution in [0.1, 0.15) is 30.6 Å². The quantitative estimate of drug-likeness (QED) is 0.672. The third-order valence-electron chi connectivity index (χ3n) is 2.62. The molecule has 1 aliphatic rings. The van der Waals surface area contributed by atoms with Gasteiger partial charge in [0.25, 0.3) is 0 Å². The van der Waals surface area contributed by atoms with Crippen molar-refractivity contribution in [2.75, 3.05) is 4.90 Å². The van der Waals surface area contributed by atoms with E-state index in [1.165, 1.54) is 12.3 Å². The van der Waals surface area contributed by atoms with Gasteiger partial charge in [-0.1, -0.05) is 11.3 Å². The molecular formula is C12H12N2O4S. The van der Waals surface area contributed by atoms with Gasteiger partial charge < -0.3 is 5.11 Å². The van der Waals surface area contributed by atoms with Gasteiger partial charge in [0.2, 0.25) is 11.8 Å². The lowest BCUT2D eigenvalue weighted by Gasteiger charge is -2.14. The van der Waals surface area contributed by atoms with Crippen LogP contribution in [-0.2, 0) is 14.4 Å². The van der Waals surface area contributed by atoms with Crippen molar-refractivity contribution in [2.24, 2.45) is 0 Å². The van der Waals surface area contributed by atoms with E-state index in [0.29, 0.717) is 35.7 Å². The van der Waals surface area contributed by atoms with Crippen LogP contribution >= 0.6 is 11.3 Å². The third kappa shape index (κ3) is 3.25. The maximum atomic E-state index is 11.9. The van der Waals surface area contributed by atoms with Crippen molar-refractivity contribution >= 4 is 40.3 Å². The highest BCUT2D eigenvalue weighted by atomic mass is 32.1. The normalized spacial score (nSPS) is 16.9. The smallest absolute Gasteiger partial charge is 0.328 e. The van der Waals surface area contributed by atoms with Gasteiger partial charge >= 0.3 is 5.97 Å². The molecule has 1 aliphatic heterocycles. The number of thiazole rings is 1. The molecule has 0 aromatic carbocycles. The average molecular weight is 280 g/mol. The minimum Gasteiger partial charge on any atom is -0.478 e. The second-order valence-electron chi connectivity index (χ2n) is 4.05. The SMILES string of the molecule is O=C(O)C=Cc1cnc(N2C(=O)CCCCC2=O)s1. The van der Waals surface area contributed by atoms with E-state index >= 15 is 0 Å². The van der Waals surface area contributed by atoms with Gasteiger partial charge in [0.15, 0.2) is 5.13 Å². The van der Waals surface area contributed by atoms with Crippen LogP contribution in [-0.4, -0.2) is 27.9 Å². The number of anilines is 1. The number of imide groups is 1. The number of rotatable bonds is 3. The van der Waals surface area contributed by atoms with Gasteiger partial charge in [-0.25, -0.2) is 14.7 Å². The van der Waals surface area contributed by atoms with Gasteiger partial charge in [0.05, 0.1) is 0 Å². The van der Waals surface area contributed by atoms with E-state index in [2.05, 4.69) is 4.98 Å². The summed E-state index contributed by atoms with van der Waals surface area (Å²) in [6, 6.07) is 0. The summed E-state index contributed by atoms with van der Waals surface area (Å²) in [5, 5.41) is 8.84. The Morgan fingerprint density at radius 3 is 2.53 bits per heavy atom. The standard InChI is InChI=1S/C12H12N2O4S/c15-9-3-1-2-4-10(16)14(9)12-13-7-8(19-12)5-6-11(17)18/h5-7H,1-4H2,(H,17,18). The summed E-state index contributed by atoms with van der Waals surface area (Å²) >= 11 is 1.12. The number of hydrogen-bond donors (Lipinski definition) is 1. The van der Waals surface area contributed by atoms with E-state index in [1.54, 1.807) is 0 Å². The molecular weight excluding hydrogens is 268 g/mol. The predicted octanol–water partition coefficient (Wildman–Crippen LogP) is 1.67. The molecule has 0 atom stereocenters. The Morgan fingerprint density at radius 2 is 1.95 bits per heavy atom. The molecule has 1 aromatic heterocycles. The maximum Gasteiger partial charge on any atom is 0.328 e. The summed E-state index contributed by atoms with van der Waals surface area (Å²) in [7, 11) is 0. The second kappa shape index (κ2) is 5.75. The number of carbonyl (C=O) groups is 3. The van der Waals surface area contributed by atoms with Crippen molar-refractivity contribution in [3.8, 4) is 0 Å². The zero-order valence-corrected chi connectivity index (χ0v) is 10.9. The first-order valence-corrected chi connectivity index (χ1v) is 6.62. The monoisotopic (exact) mass is 280 g/mol. The van der Waals surface area contributed by atoms with Crippen molar-refractivity contribution in [3.05, 3.63) is 17.2 Å². The topological polar surface area (TPSA) is 87.6 Å². The Bertz CT molecular complexity index is 532. The Morgan fingerprint density at radius 1 is 1.32 bits per heavy atom. The average Bonchev–Trinajstić information content (AvgIpc) is 2.74. The molecule has 2 rings (SSSR count). The van der Waals surface area contributed by atoms with Crippen LogP contribution in [0.25, 0.3) is 6.08 Å². The van der Waals surface area contributed by atoms with E-state index in [9.17, 15) is 14.4 Å². The Kier molecular flexibility index (Phi) is 4.06. The zero-order chi connectivity index (χ0) is 13.8. The lowest BCUT2D eigenvalue weighted by atomic mass is 10.2. The molecule has 0 radical (unpaired) electrons. The lowest BCUT2D eigenvalue weighted by Crippen LogP contribution is -2.34. The fourth-order valence-corrected chi connectivity index (χ4v) is 2.59. The molecule has 0 bridgehead atoms. The summed E-state index contributed by atoms with van der Waals surface area (Å²) in [6.07, 6.45) is 5.91. The van der Waals surface area contributed by atoms with E-state index in [-0.39, 0.29) is 11.8 Å². The molecule has 1 N–H and O–H groups in total. The lowest BCUT2D eigenvalue weighted by molar-refractivity contribution is -0.131. The molecule has 1 aromatic rings. The van der Waals surface area contributed by atoms with Crippen LogP contribution in [0.4, 0.5) is 5.13 Å². The van der Waals surface area contributed by atoms with Crippen molar-refractivity contribution in [3.63, 3.8) is 0 Å². The van der Waals surface area contributed by atoms with Gasteiger partial charge in [0, 0.05) is 30.0 Å². The number of carboxylic acid groups (broad SMARTS) is 1. The second-order valence-corrected chi connectivity index (χ2v) is 5.09. The Balaban J connectivity index is 2.22.